The summed E-state index contributed by atoms with van der Waals surface area (Å²) in [7, 11) is 3.51. The Labute approximate surface area is 171 Å². The molecule has 0 saturated carbocycles. The highest BCUT2D eigenvalue weighted by Crippen LogP contribution is 2.28. The van der Waals surface area contributed by atoms with Crippen LogP contribution in [0.4, 0.5) is 8.78 Å². The Bertz CT molecular complexity index is 766. The predicted molar refractivity (Wildman–Crippen MR) is 109 cm³/mol. The number of hydrogen-bond donors (Lipinski definition) is 2. The molecule has 0 aliphatic carbocycles. The van der Waals surface area contributed by atoms with Gasteiger partial charge in [0.05, 0.1) is 7.11 Å². The van der Waals surface area contributed by atoms with Gasteiger partial charge in [0.25, 0.3) is 0 Å². The Kier molecular flexibility index (Phi) is 8.82. The lowest BCUT2D eigenvalue weighted by Crippen LogP contribution is -2.36. The van der Waals surface area contributed by atoms with Crippen molar-refractivity contribution in [2.45, 2.75) is 39.1 Å². The molecule has 2 aromatic carbocycles. The van der Waals surface area contributed by atoms with Gasteiger partial charge in [0, 0.05) is 31.7 Å². The third-order valence-corrected chi connectivity index (χ3v) is 4.62. The zero-order valence-corrected chi connectivity index (χ0v) is 17.4. The van der Waals surface area contributed by atoms with Crippen LogP contribution in [0.15, 0.2) is 36.4 Å². The van der Waals surface area contributed by atoms with Gasteiger partial charge in [-0.25, -0.2) is 8.78 Å². The van der Waals surface area contributed by atoms with Crippen LogP contribution >= 0.6 is 0 Å². The number of likely N-dealkylation sites (N-methyl/N-ethyl adjacent to an activating group) is 1. The van der Waals surface area contributed by atoms with E-state index >= 15 is 0 Å². The lowest BCUT2D eigenvalue weighted by molar-refractivity contribution is 0.0668. The van der Waals surface area contributed by atoms with E-state index in [1.165, 1.54) is 12.1 Å². The van der Waals surface area contributed by atoms with Crippen molar-refractivity contribution in [3.63, 3.8) is 0 Å². The van der Waals surface area contributed by atoms with Crippen LogP contribution in [0.2, 0.25) is 0 Å². The summed E-state index contributed by atoms with van der Waals surface area (Å²) in [5.41, 5.74) is 1.47. The maximum atomic E-state index is 13.2. The van der Waals surface area contributed by atoms with E-state index in [9.17, 15) is 13.9 Å². The average Bonchev–Trinajstić information content (AvgIpc) is 2.65. The Morgan fingerprint density at radius 2 is 1.66 bits per heavy atom. The Hall–Kier alpha value is -2.22. The molecule has 0 aromatic heterocycles. The molecule has 7 heteroatoms. The number of nitrogens with one attached hydrogen (secondary N) is 1. The topological polar surface area (TPSA) is 54.0 Å². The first-order chi connectivity index (χ1) is 13.8. The zero-order valence-electron chi connectivity index (χ0n) is 17.4. The Morgan fingerprint density at radius 1 is 1.00 bits per heavy atom. The quantitative estimate of drug-likeness (QED) is 0.597. The van der Waals surface area contributed by atoms with Crippen molar-refractivity contribution >= 4 is 0 Å². The van der Waals surface area contributed by atoms with Crippen molar-refractivity contribution < 1.29 is 23.4 Å². The second-order valence-electron chi connectivity index (χ2n) is 7.36. The number of benzene rings is 2. The maximum Gasteiger partial charge on any atom is 0.161 e. The highest BCUT2D eigenvalue weighted by molar-refractivity contribution is 5.43. The molecule has 0 bridgehead atoms. The van der Waals surface area contributed by atoms with Crippen molar-refractivity contribution in [1.29, 1.82) is 0 Å². The molecule has 2 N–H and O–H groups in total. The van der Waals surface area contributed by atoms with Crippen molar-refractivity contribution in [2.24, 2.45) is 0 Å². The highest BCUT2D eigenvalue weighted by Gasteiger charge is 2.13. The summed E-state index contributed by atoms with van der Waals surface area (Å²) in [5, 5.41) is 13.3. The maximum absolute atomic E-state index is 13.2. The van der Waals surface area contributed by atoms with Gasteiger partial charge in [0.2, 0.25) is 0 Å². The average molecular weight is 408 g/mol. The molecule has 0 amide bonds. The second-order valence-corrected chi connectivity index (χ2v) is 7.36. The predicted octanol–water partition coefficient (Wildman–Crippen LogP) is 3.34. The summed E-state index contributed by atoms with van der Waals surface area (Å²) in [6.45, 7) is 5.64. The van der Waals surface area contributed by atoms with Crippen LogP contribution in [0, 0.1) is 11.6 Å². The van der Waals surface area contributed by atoms with Gasteiger partial charge in [0.15, 0.2) is 11.5 Å². The molecule has 2 rings (SSSR count). The van der Waals surface area contributed by atoms with E-state index in [1.807, 2.05) is 24.1 Å². The molecule has 1 atom stereocenters. The van der Waals surface area contributed by atoms with Gasteiger partial charge in [-0.3, -0.25) is 0 Å². The number of aliphatic hydroxyl groups is 1. The minimum absolute atomic E-state index is 0.163. The minimum atomic E-state index is -0.611. The first kappa shape index (κ1) is 23.1. The molecule has 0 spiro atoms. The molecule has 0 aliphatic heterocycles. The molecule has 0 fully saturated rings. The van der Waals surface area contributed by atoms with E-state index in [1.54, 1.807) is 13.2 Å². The molecular formula is C22H30F2N2O3. The van der Waals surface area contributed by atoms with Gasteiger partial charge in [-0.05, 0) is 56.3 Å². The van der Waals surface area contributed by atoms with Crippen LogP contribution in [0.5, 0.6) is 11.5 Å². The number of ether oxygens (including phenoxy) is 2. The fourth-order valence-corrected chi connectivity index (χ4v) is 2.79. The van der Waals surface area contributed by atoms with Crippen LogP contribution < -0.4 is 14.8 Å². The number of hydrogen-bond acceptors (Lipinski definition) is 5. The van der Waals surface area contributed by atoms with E-state index < -0.39 is 17.7 Å². The van der Waals surface area contributed by atoms with Crippen molar-refractivity contribution in [3.05, 3.63) is 59.2 Å². The normalized spacial score (nSPS) is 12.4. The molecule has 0 heterocycles. The molecule has 0 aliphatic rings. The molecular weight excluding hydrogens is 378 g/mol. The molecule has 0 unspecified atom stereocenters. The minimum Gasteiger partial charge on any atom is -0.493 e. The van der Waals surface area contributed by atoms with Crippen molar-refractivity contribution in [1.82, 2.24) is 10.2 Å². The van der Waals surface area contributed by atoms with Gasteiger partial charge in [-0.15, -0.1) is 0 Å². The monoisotopic (exact) mass is 408 g/mol. The van der Waals surface area contributed by atoms with Crippen LogP contribution in [0.1, 0.15) is 25.0 Å². The van der Waals surface area contributed by atoms with Gasteiger partial charge >= 0.3 is 0 Å². The zero-order chi connectivity index (χ0) is 21.4. The van der Waals surface area contributed by atoms with E-state index in [2.05, 4.69) is 19.2 Å². The summed E-state index contributed by atoms with van der Waals surface area (Å²) < 4.78 is 37.6. The summed E-state index contributed by atoms with van der Waals surface area (Å²) in [4.78, 5) is 2.05. The van der Waals surface area contributed by atoms with Crippen molar-refractivity contribution in [3.8, 4) is 11.5 Å². The van der Waals surface area contributed by atoms with E-state index in [4.69, 9.17) is 9.47 Å². The van der Waals surface area contributed by atoms with Crippen LogP contribution in [-0.4, -0.2) is 49.5 Å². The summed E-state index contributed by atoms with van der Waals surface area (Å²) >= 11 is 0. The van der Waals surface area contributed by atoms with E-state index in [0.29, 0.717) is 42.7 Å². The lowest BCUT2D eigenvalue weighted by atomic mass is 10.1. The number of halogens is 2. The van der Waals surface area contributed by atoms with Gasteiger partial charge in [0.1, 0.15) is 24.3 Å². The first-order valence-electron chi connectivity index (χ1n) is 9.62. The standard InChI is InChI=1S/C22H30F2N2O3/c1-15(2)26(3)13-20(27)14-29-21-6-5-16(9-22(21)28-4)11-25-12-17-7-18(23)10-19(24)8-17/h5-10,15,20,25,27H,11-14H2,1-4H3/t20-/m0/s1. The number of nitrogens with zero attached hydrogens (tertiary/aromatic N) is 1. The molecule has 0 saturated heterocycles. The van der Waals surface area contributed by atoms with Gasteiger partial charge in [-0.1, -0.05) is 6.07 Å². The third kappa shape index (κ3) is 7.61. The van der Waals surface area contributed by atoms with E-state index in [0.717, 1.165) is 11.6 Å². The van der Waals surface area contributed by atoms with Crippen molar-refractivity contribution in [2.75, 3.05) is 27.3 Å². The summed E-state index contributed by atoms with van der Waals surface area (Å²) in [6, 6.07) is 9.30. The SMILES string of the molecule is COc1cc(CNCc2cc(F)cc(F)c2)ccc1OC[C@@H](O)CN(C)C(C)C. The molecule has 160 valence electrons. The summed E-state index contributed by atoms with van der Waals surface area (Å²) in [6.07, 6.45) is -0.611. The van der Waals surface area contributed by atoms with Crippen LogP contribution in [0.25, 0.3) is 0 Å². The van der Waals surface area contributed by atoms with Gasteiger partial charge in [-0.2, -0.15) is 0 Å². The van der Waals surface area contributed by atoms with Gasteiger partial charge < -0.3 is 24.8 Å². The Balaban J connectivity index is 1.89. The molecule has 2 aromatic rings. The fourth-order valence-electron chi connectivity index (χ4n) is 2.79. The number of methoxy groups -OCH3 is 1. The van der Waals surface area contributed by atoms with Crippen LogP contribution in [0.3, 0.4) is 0 Å². The summed E-state index contributed by atoms with van der Waals surface area (Å²) in [5.74, 6) is -0.0706. The number of aliphatic hydroxyl groups excluding tert-OH is 1. The lowest BCUT2D eigenvalue weighted by Gasteiger charge is -2.24. The molecule has 5 nitrogen and oxygen atoms in total. The second kappa shape index (κ2) is 11.1. The number of rotatable bonds is 11. The third-order valence-electron chi connectivity index (χ3n) is 4.62. The smallest absolute Gasteiger partial charge is 0.161 e. The Morgan fingerprint density at radius 3 is 2.28 bits per heavy atom. The van der Waals surface area contributed by atoms with Crippen LogP contribution in [-0.2, 0) is 13.1 Å². The fraction of sp³-hybridized carbons (Fsp3) is 0.455. The largest absolute Gasteiger partial charge is 0.493 e. The molecule has 0 radical (unpaired) electrons. The molecule has 29 heavy (non-hydrogen) atoms. The van der Waals surface area contributed by atoms with E-state index in [-0.39, 0.29) is 6.61 Å². The first-order valence-corrected chi connectivity index (χ1v) is 9.62. The highest BCUT2D eigenvalue weighted by atomic mass is 19.1.